The van der Waals surface area contributed by atoms with E-state index >= 15 is 0 Å². The average molecular weight is 418 g/mol. The summed E-state index contributed by atoms with van der Waals surface area (Å²) in [7, 11) is 0. The smallest absolute Gasteiger partial charge is 0.336 e. The lowest BCUT2D eigenvalue weighted by Gasteiger charge is -2.26. The van der Waals surface area contributed by atoms with Gasteiger partial charge >= 0.3 is 5.97 Å². The topological polar surface area (TPSA) is 55.4 Å². The summed E-state index contributed by atoms with van der Waals surface area (Å²) >= 11 is 12.1. The largest absolute Gasteiger partial charge is 0.462 e. The van der Waals surface area contributed by atoms with Gasteiger partial charge in [-0.3, -0.25) is 4.79 Å². The molecule has 0 saturated heterocycles. The summed E-state index contributed by atoms with van der Waals surface area (Å²) < 4.78 is 5.51. The molecule has 1 amide bonds. The van der Waals surface area contributed by atoms with Gasteiger partial charge in [0.2, 0.25) is 5.91 Å². The molecule has 0 saturated carbocycles. The molecule has 0 aliphatic carbocycles. The number of carbonyl (C=O) groups is 2. The van der Waals surface area contributed by atoms with Crippen LogP contribution in [0.15, 0.2) is 59.8 Å². The minimum atomic E-state index is -0.415. The van der Waals surface area contributed by atoms with E-state index in [1.54, 1.807) is 25.1 Å². The van der Waals surface area contributed by atoms with Crippen molar-refractivity contribution in [2.45, 2.75) is 32.1 Å². The predicted octanol–water partition coefficient (Wildman–Crippen LogP) is 5.05. The maximum atomic E-state index is 12.8. The summed E-state index contributed by atoms with van der Waals surface area (Å²) in [4.78, 5) is 24.8. The molecule has 3 rings (SSSR count). The van der Waals surface area contributed by atoms with Crippen LogP contribution in [-0.4, -0.2) is 18.5 Å². The van der Waals surface area contributed by atoms with Gasteiger partial charge in [-0.15, -0.1) is 0 Å². The molecule has 1 heterocycles. The Morgan fingerprint density at radius 3 is 2.61 bits per heavy atom. The summed E-state index contributed by atoms with van der Waals surface area (Å²) in [5.74, 6) is -0.971. The van der Waals surface area contributed by atoms with Gasteiger partial charge in [-0.2, -0.15) is 0 Å². The molecule has 6 heteroatoms. The zero-order valence-corrected chi connectivity index (χ0v) is 17.0. The van der Waals surface area contributed by atoms with E-state index in [2.05, 4.69) is 5.32 Å². The maximum Gasteiger partial charge on any atom is 0.336 e. The van der Waals surface area contributed by atoms with E-state index in [0.29, 0.717) is 27.9 Å². The summed E-state index contributed by atoms with van der Waals surface area (Å²) in [6, 6.07) is 15.2. The van der Waals surface area contributed by atoms with Crippen molar-refractivity contribution in [3.63, 3.8) is 0 Å². The molecule has 0 radical (unpaired) electrons. The van der Waals surface area contributed by atoms with Crippen molar-refractivity contribution >= 4 is 35.1 Å². The van der Waals surface area contributed by atoms with Crippen LogP contribution in [0.4, 0.5) is 0 Å². The normalized spacial score (nSPS) is 16.7. The van der Waals surface area contributed by atoms with Crippen molar-refractivity contribution in [1.82, 2.24) is 5.32 Å². The predicted molar refractivity (Wildman–Crippen MR) is 110 cm³/mol. The highest BCUT2D eigenvalue weighted by Crippen LogP contribution is 2.36. The van der Waals surface area contributed by atoms with Crippen LogP contribution in [0.1, 0.15) is 36.8 Å². The molecule has 0 aromatic heterocycles. The van der Waals surface area contributed by atoms with E-state index in [0.717, 1.165) is 18.4 Å². The Labute approximate surface area is 174 Å². The Morgan fingerprint density at radius 2 is 1.89 bits per heavy atom. The number of carbonyl (C=O) groups excluding carboxylic acids is 2. The molecule has 0 unspecified atom stereocenters. The van der Waals surface area contributed by atoms with E-state index in [-0.39, 0.29) is 12.3 Å². The first-order valence-electron chi connectivity index (χ1n) is 9.12. The Morgan fingerprint density at radius 1 is 1.14 bits per heavy atom. The first-order valence-corrected chi connectivity index (χ1v) is 9.88. The van der Waals surface area contributed by atoms with Crippen molar-refractivity contribution in [1.29, 1.82) is 0 Å². The second-order valence-electron chi connectivity index (χ2n) is 6.74. The number of aryl methyl sites for hydroxylation is 1. The number of nitrogens with one attached hydrogen (secondary N) is 1. The molecular formula is C22H21Cl2NO3. The van der Waals surface area contributed by atoms with Crippen LogP contribution in [0.25, 0.3) is 0 Å². The highest BCUT2D eigenvalue weighted by Gasteiger charge is 2.33. The zero-order chi connectivity index (χ0) is 20.1. The van der Waals surface area contributed by atoms with E-state index < -0.39 is 11.9 Å². The number of allylic oxidation sites excluding steroid dienone is 1. The minimum absolute atomic E-state index is 0.144. The molecule has 1 N–H and O–H groups in total. The van der Waals surface area contributed by atoms with E-state index in [4.69, 9.17) is 27.9 Å². The van der Waals surface area contributed by atoms with Crippen molar-refractivity contribution in [3.8, 4) is 0 Å². The molecule has 1 atom stereocenters. The van der Waals surface area contributed by atoms with Gasteiger partial charge in [0.1, 0.15) is 0 Å². The van der Waals surface area contributed by atoms with Crippen molar-refractivity contribution in [3.05, 3.63) is 81.0 Å². The number of ether oxygens (including phenoxy) is 1. The van der Waals surface area contributed by atoms with Crippen LogP contribution in [0, 0.1) is 0 Å². The zero-order valence-electron chi connectivity index (χ0n) is 15.5. The summed E-state index contributed by atoms with van der Waals surface area (Å²) in [5, 5.41) is 3.55. The van der Waals surface area contributed by atoms with Crippen molar-refractivity contribution in [2.75, 3.05) is 6.61 Å². The van der Waals surface area contributed by atoms with Gasteiger partial charge in [0.25, 0.3) is 0 Å². The van der Waals surface area contributed by atoms with Gasteiger partial charge in [0.15, 0.2) is 0 Å². The van der Waals surface area contributed by atoms with Crippen LogP contribution in [-0.2, 0) is 20.7 Å². The Hall–Kier alpha value is -2.30. The quantitative estimate of drug-likeness (QED) is 0.528. The number of esters is 1. The molecule has 0 fully saturated rings. The van der Waals surface area contributed by atoms with Gasteiger partial charge < -0.3 is 10.1 Å². The fourth-order valence-electron chi connectivity index (χ4n) is 3.35. The maximum absolute atomic E-state index is 12.8. The molecule has 4 nitrogen and oxygen atoms in total. The van der Waals surface area contributed by atoms with Crippen molar-refractivity contribution < 1.29 is 14.3 Å². The number of rotatable bonds is 6. The fourth-order valence-corrected chi connectivity index (χ4v) is 3.66. The molecule has 146 valence electrons. The summed E-state index contributed by atoms with van der Waals surface area (Å²) in [6.07, 6.45) is 1.72. The Bertz CT molecular complexity index is 909. The van der Waals surface area contributed by atoms with Crippen LogP contribution >= 0.6 is 23.2 Å². The van der Waals surface area contributed by atoms with Crippen LogP contribution < -0.4 is 5.32 Å². The lowest BCUT2D eigenvalue weighted by molar-refractivity contribution is -0.139. The Balaban J connectivity index is 1.70. The van der Waals surface area contributed by atoms with Gasteiger partial charge in [0, 0.05) is 18.0 Å². The van der Waals surface area contributed by atoms with Gasteiger partial charge in [-0.25, -0.2) is 4.79 Å². The van der Waals surface area contributed by atoms with Crippen LogP contribution in [0.5, 0.6) is 0 Å². The second kappa shape index (κ2) is 9.26. The fraction of sp³-hybridized carbons (Fsp3) is 0.273. The van der Waals surface area contributed by atoms with Gasteiger partial charge in [-0.1, -0.05) is 59.6 Å². The molecular weight excluding hydrogens is 397 g/mol. The highest BCUT2D eigenvalue weighted by molar-refractivity contribution is 6.42. The van der Waals surface area contributed by atoms with Crippen LogP contribution in [0.2, 0.25) is 10.0 Å². The number of benzene rings is 2. The number of hydrogen-bond acceptors (Lipinski definition) is 3. The first kappa shape index (κ1) is 20.4. The third kappa shape index (κ3) is 4.94. The monoisotopic (exact) mass is 417 g/mol. The molecule has 0 bridgehead atoms. The minimum Gasteiger partial charge on any atom is -0.462 e. The van der Waals surface area contributed by atoms with E-state index in [1.165, 1.54) is 5.56 Å². The SMILES string of the molecule is CC1=C(C(=O)OCCCc2ccccc2)[C@@H](c2ccc(Cl)c(Cl)c2)CC(=O)N1. The average Bonchev–Trinajstić information content (AvgIpc) is 2.67. The molecule has 1 aliphatic heterocycles. The second-order valence-corrected chi connectivity index (χ2v) is 7.56. The number of halogens is 2. The third-order valence-electron chi connectivity index (χ3n) is 4.72. The van der Waals surface area contributed by atoms with Gasteiger partial charge in [0.05, 0.1) is 22.2 Å². The van der Waals surface area contributed by atoms with E-state index in [9.17, 15) is 9.59 Å². The third-order valence-corrected chi connectivity index (χ3v) is 5.46. The summed E-state index contributed by atoms with van der Waals surface area (Å²) in [5.41, 5.74) is 2.94. The lowest BCUT2D eigenvalue weighted by Crippen LogP contribution is -2.34. The van der Waals surface area contributed by atoms with E-state index in [1.807, 2.05) is 30.3 Å². The number of amides is 1. The Kier molecular flexibility index (Phi) is 6.76. The highest BCUT2D eigenvalue weighted by atomic mass is 35.5. The molecule has 2 aromatic carbocycles. The molecule has 1 aliphatic rings. The summed E-state index contributed by atoms with van der Waals surface area (Å²) in [6.45, 7) is 2.02. The molecule has 2 aromatic rings. The van der Waals surface area contributed by atoms with Crippen molar-refractivity contribution in [2.24, 2.45) is 0 Å². The molecule has 0 spiro atoms. The first-order chi connectivity index (χ1) is 13.5. The standard InChI is InChI=1S/C22H21Cl2NO3/c1-14-21(22(27)28-11-5-8-15-6-3-2-4-7-15)17(13-20(26)25-14)16-9-10-18(23)19(24)12-16/h2-4,6-7,9-10,12,17H,5,8,11,13H2,1H3,(H,25,26)/t17-/m1/s1. The lowest BCUT2D eigenvalue weighted by atomic mass is 9.84. The van der Waals surface area contributed by atoms with Gasteiger partial charge in [-0.05, 0) is 43.0 Å². The molecule has 28 heavy (non-hydrogen) atoms. The number of hydrogen-bond donors (Lipinski definition) is 1. The van der Waals surface area contributed by atoms with Crippen LogP contribution in [0.3, 0.4) is 0 Å².